The molecule has 2 aliphatic heterocycles. The predicted molar refractivity (Wildman–Crippen MR) is 64.9 cm³/mol. The van der Waals surface area contributed by atoms with Crippen molar-refractivity contribution >= 4 is 11.9 Å². The van der Waals surface area contributed by atoms with Crippen LogP contribution in [0.1, 0.15) is 32.1 Å². The summed E-state index contributed by atoms with van der Waals surface area (Å²) in [5.41, 5.74) is 0. The molecule has 5 nitrogen and oxygen atoms in total. The van der Waals surface area contributed by atoms with Crippen LogP contribution in [0.4, 0.5) is 0 Å². The lowest BCUT2D eigenvalue weighted by Gasteiger charge is -2.36. The van der Waals surface area contributed by atoms with Crippen LogP contribution < -0.4 is 0 Å². The number of carbonyl (C=O) groups is 2. The van der Waals surface area contributed by atoms with E-state index in [0.29, 0.717) is 19.6 Å². The lowest BCUT2D eigenvalue weighted by molar-refractivity contribution is -0.158. The van der Waals surface area contributed by atoms with Gasteiger partial charge in [-0.05, 0) is 32.1 Å². The third-order valence-electron chi connectivity index (χ3n) is 3.77. The van der Waals surface area contributed by atoms with Gasteiger partial charge in [-0.1, -0.05) is 0 Å². The highest BCUT2D eigenvalue weighted by Crippen LogP contribution is 2.23. The lowest BCUT2D eigenvalue weighted by atomic mass is 9.96. The molecule has 1 amide bonds. The lowest BCUT2D eigenvalue weighted by Crippen LogP contribution is -2.51. The van der Waals surface area contributed by atoms with Gasteiger partial charge in [-0.2, -0.15) is 0 Å². The molecule has 102 valence electrons. The summed E-state index contributed by atoms with van der Waals surface area (Å²) in [6.45, 7) is 1.89. The van der Waals surface area contributed by atoms with Gasteiger partial charge in [-0.3, -0.25) is 4.79 Å². The van der Waals surface area contributed by atoms with E-state index in [1.54, 1.807) is 4.90 Å². The summed E-state index contributed by atoms with van der Waals surface area (Å²) in [4.78, 5) is 25.8. The van der Waals surface area contributed by atoms with Crippen LogP contribution in [0.5, 0.6) is 0 Å². The minimum atomic E-state index is -0.391. The number of esters is 1. The van der Waals surface area contributed by atoms with Crippen molar-refractivity contribution in [2.24, 2.45) is 5.92 Å². The number of piperidine rings is 1. The van der Waals surface area contributed by atoms with Crippen molar-refractivity contribution in [1.29, 1.82) is 0 Å². The number of likely N-dealkylation sites (tertiary alicyclic amines) is 1. The zero-order valence-corrected chi connectivity index (χ0v) is 10.9. The van der Waals surface area contributed by atoms with E-state index in [4.69, 9.17) is 9.47 Å². The van der Waals surface area contributed by atoms with Gasteiger partial charge >= 0.3 is 5.97 Å². The number of amides is 1. The average Bonchev–Trinajstić information content (AvgIpc) is 2.46. The molecule has 18 heavy (non-hydrogen) atoms. The van der Waals surface area contributed by atoms with Crippen molar-refractivity contribution < 1.29 is 19.1 Å². The maximum atomic E-state index is 12.4. The molecule has 5 heteroatoms. The maximum absolute atomic E-state index is 12.4. The summed E-state index contributed by atoms with van der Waals surface area (Å²) in [7, 11) is 1.38. The number of carbonyl (C=O) groups excluding carboxylic acids is 2. The molecule has 2 fully saturated rings. The molecule has 0 aromatic rings. The summed E-state index contributed by atoms with van der Waals surface area (Å²) < 4.78 is 10.1. The maximum Gasteiger partial charge on any atom is 0.328 e. The normalized spacial score (nSPS) is 28.8. The molecule has 2 rings (SSSR count). The number of methoxy groups -OCH3 is 1. The van der Waals surface area contributed by atoms with Crippen LogP contribution in [0.15, 0.2) is 0 Å². The fourth-order valence-electron chi connectivity index (χ4n) is 2.75. The predicted octanol–water partition coefficient (Wildman–Crippen LogP) is 0.967. The van der Waals surface area contributed by atoms with E-state index in [-0.39, 0.29) is 17.8 Å². The molecule has 2 heterocycles. The van der Waals surface area contributed by atoms with Gasteiger partial charge in [-0.15, -0.1) is 0 Å². The van der Waals surface area contributed by atoms with Gasteiger partial charge < -0.3 is 14.4 Å². The van der Waals surface area contributed by atoms with Crippen molar-refractivity contribution in [3.8, 4) is 0 Å². The SMILES string of the molecule is COC(=O)C1CCCCN1C(=O)C1CCCOC1. The molecule has 0 aromatic heterocycles. The first kappa shape index (κ1) is 13.3. The largest absolute Gasteiger partial charge is 0.467 e. The van der Waals surface area contributed by atoms with Crippen molar-refractivity contribution in [3.63, 3.8) is 0 Å². The van der Waals surface area contributed by atoms with E-state index >= 15 is 0 Å². The van der Waals surface area contributed by atoms with E-state index < -0.39 is 6.04 Å². The number of hydrogen-bond donors (Lipinski definition) is 0. The van der Waals surface area contributed by atoms with Gasteiger partial charge in [0.1, 0.15) is 6.04 Å². The zero-order valence-electron chi connectivity index (χ0n) is 10.9. The summed E-state index contributed by atoms with van der Waals surface area (Å²) in [6, 6.07) is -0.391. The van der Waals surface area contributed by atoms with Crippen LogP contribution in [-0.2, 0) is 19.1 Å². The van der Waals surface area contributed by atoms with Gasteiger partial charge in [0, 0.05) is 13.2 Å². The number of nitrogens with zero attached hydrogens (tertiary/aromatic N) is 1. The van der Waals surface area contributed by atoms with Gasteiger partial charge in [0.05, 0.1) is 19.6 Å². The average molecular weight is 255 g/mol. The van der Waals surface area contributed by atoms with E-state index in [1.165, 1.54) is 7.11 Å². The molecular formula is C13H21NO4. The third kappa shape index (κ3) is 2.83. The summed E-state index contributed by atoms with van der Waals surface area (Å²) in [5.74, 6) is -0.311. The van der Waals surface area contributed by atoms with Crippen LogP contribution in [0, 0.1) is 5.92 Å². The molecular weight excluding hydrogens is 234 g/mol. The highest BCUT2D eigenvalue weighted by molar-refractivity contribution is 5.86. The van der Waals surface area contributed by atoms with Crippen LogP contribution in [-0.4, -0.2) is 49.7 Å². The van der Waals surface area contributed by atoms with Gasteiger partial charge in [-0.25, -0.2) is 4.79 Å². The number of rotatable bonds is 2. The first-order valence-corrected chi connectivity index (χ1v) is 6.70. The first-order valence-electron chi connectivity index (χ1n) is 6.70. The Morgan fingerprint density at radius 1 is 1.22 bits per heavy atom. The molecule has 0 N–H and O–H groups in total. The van der Waals surface area contributed by atoms with Crippen LogP contribution in [0.25, 0.3) is 0 Å². The molecule has 2 atom stereocenters. The van der Waals surface area contributed by atoms with Crippen molar-refractivity contribution in [2.75, 3.05) is 26.9 Å². The van der Waals surface area contributed by atoms with Gasteiger partial charge in [0.25, 0.3) is 0 Å². The Labute approximate surface area is 107 Å². The molecule has 0 radical (unpaired) electrons. The molecule has 0 bridgehead atoms. The highest BCUT2D eigenvalue weighted by atomic mass is 16.5. The first-order chi connectivity index (χ1) is 8.74. The second kappa shape index (κ2) is 6.18. The molecule has 0 aromatic carbocycles. The topological polar surface area (TPSA) is 55.8 Å². The van der Waals surface area contributed by atoms with E-state index in [9.17, 15) is 9.59 Å². The van der Waals surface area contributed by atoms with Crippen LogP contribution in [0.3, 0.4) is 0 Å². The Balaban J connectivity index is 2.03. The second-order valence-corrected chi connectivity index (χ2v) is 4.98. The number of ether oxygens (including phenoxy) is 2. The van der Waals surface area contributed by atoms with Gasteiger partial charge in [0.15, 0.2) is 0 Å². The zero-order chi connectivity index (χ0) is 13.0. The van der Waals surface area contributed by atoms with Crippen molar-refractivity contribution in [1.82, 2.24) is 4.90 Å². The Hall–Kier alpha value is -1.10. The molecule has 2 aliphatic rings. The highest BCUT2D eigenvalue weighted by Gasteiger charge is 2.36. The third-order valence-corrected chi connectivity index (χ3v) is 3.77. The minimum absolute atomic E-state index is 0.0600. The second-order valence-electron chi connectivity index (χ2n) is 4.98. The molecule has 0 spiro atoms. The summed E-state index contributed by atoms with van der Waals surface area (Å²) in [6.07, 6.45) is 4.44. The minimum Gasteiger partial charge on any atom is -0.467 e. The number of hydrogen-bond acceptors (Lipinski definition) is 4. The Morgan fingerprint density at radius 2 is 2.06 bits per heavy atom. The van der Waals surface area contributed by atoms with Crippen molar-refractivity contribution in [2.45, 2.75) is 38.1 Å². The fourth-order valence-corrected chi connectivity index (χ4v) is 2.75. The standard InChI is InChI=1S/C13H21NO4/c1-17-13(16)11-6-2-3-7-14(11)12(15)10-5-4-8-18-9-10/h10-11H,2-9H2,1H3. The Bertz CT molecular complexity index is 312. The monoisotopic (exact) mass is 255 g/mol. The molecule has 2 saturated heterocycles. The van der Waals surface area contributed by atoms with Gasteiger partial charge in [0.2, 0.25) is 5.91 Å². The van der Waals surface area contributed by atoms with E-state index in [0.717, 1.165) is 32.3 Å². The quantitative estimate of drug-likeness (QED) is 0.690. The van der Waals surface area contributed by atoms with E-state index in [2.05, 4.69) is 0 Å². The molecule has 0 aliphatic carbocycles. The van der Waals surface area contributed by atoms with Crippen LogP contribution in [0.2, 0.25) is 0 Å². The summed E-state index contributed by atoms with van der Waals surface area (Å²) >= 11 is 0. The molecule has 2 unspecified atom stereocenters. The van der Waals surface area contributed by atoms with Crippen molar-refractivity contribution in [3.05, 3.63) is 0 Å². The Kier molecular flexibility index (Phi) is 4.58. The van der Waals surface area contributed by atoms with Crippen LogP contribution >= 0.6 is 0 Å². The smallest absolute Gasteiger partial charge is 0.328 e. The van der Waals surface area contributed by atoms with E-state index in [1.807, 2.05) is 0 Å². The summed E-state index contributed by atoms with van der Waals surface area (Å²) in [5, 5.41) is 0. The fraction of sp³-hybridized carbons (Fsp3) is 0.846. The molecule has 0 saturated carbocycles. The Morgan fingerprint density at radius 3 is 2.72 bits per heavy atom.